The maximum atomic E-state index is 10.9. The van der Waals surface area contributed by atoms with E-state index in [1.807, 2.05) is 24.3 Å². The quantitative estimate of drug-likeness (QED) is 0.871. The summed E-state index contributed by atoms with van der Waals surface area (Å²) in [7, 11) is 0. The molecule has 0 atom stereocenters. The van der Waals surface area contributed by atoms with Crippen molar-refractivity contribution >= 4 is 17.3 Å². The monoisotopic (exact) mass is 304 g/mol. The first kappa shape index (κ1) is 15.5. The molecule has 2 rings (SSSR count). The van der Waals surface area contributed by atoms with Crippen molar-refractivity contribution in [1.82, 2.24) is 4.98 Å². The number of aromatic nitrogens is 1. The van der Waals surface area contributed by atoms with Gasteiger partial charge in [0.05, 0.1) is 16.5 Å². The van der Waals surface area contributed by atoms with Crippen molar-refractivity contribution < 1.29 is 14.6 Å². The van der Waals surface area contributed by atoms with Gasteiger partial charge in [-0.1, -0.05) is 39.0 Å². The molecule has 21 heavy (non-hydrogen) atoms. The van der Waals surface area contributed by atoms with Crippen LogP contribution in [-0.2, 0) is 12.0 Å². The van der Waals surface area contributed by atoms with Crippen LogP contribution in [-0.4, -0.2) is 11.0 Å². The van der Waals surface area contributed by atoms with Gasteiger partial charge in [0.25, 0.3) is 0 Å². The smallest absolute Gasteiger partial charge is 0.140 e. The fourth-order valence-corrected chi connectivity index (χ4v) is 2.87. The Morgan fingerprint density at radius 3 is 2.57 bits per heavy atom. The number of nitrogens with zero attached hydrogens (tertiary/aromatic N) is 1. The van der Waals surface area contributed by atoms with Crippen molar-refractivity contribution in [2.24, 2.45) is 0 Å². The highest BCUT2D eigenvalue weighted by atomic mass is 32.1. The van der Waals surface area contributed by atoms with Gasteiger partial charge in [-0.2, -0.15) is 0 Å². The Morgan fingerprint density at radius 1 is 1.33 bits per heavy atom. The Bertz CT molecular complexity index is 656. The van der Waals surface area contributed by atoms with Crippen LogP contribution in [0.15, 0.2) is 24.3 Å². The highest BCUT2D eigenvalue weighted by Crippen LogP contribution is 2.31. The molecule has 1 aromatic heterocycles. The van der Waals surface area contributed by atoms with Crippen LogP contribution in [0.5, 0.6) is 5.75 Å². The van der Waals surface area contributed by atoms with Crippen molar-refractivity contribution in [3.8, 4) is 5.75 Å². The number of para-hydroxylation sites is 1. The highest BCUT2D eigenvalue weighted by Gasteiger charge is 2.18. The summed E-state index contributed by atoms with van der Waals surface area (Å²) in [5.41, 5.74) is 1.56. The molecular formula is C16H18NO3S-. The van der Waals surface area contributed by atoms with E-state index in [1.54, 1.807) is 6.92 Å². The van der Waals surface area contributed by atoms with E-state index in [1.165, 1.54) is 0 Å². The molecule has 0 unspecified atom stereocenters. The van der Waals surface area contributed by atoms with Gasteiger partial charge in [-0.25, -0.2) is 4.98 Å². The Balaban J connectivity index is 2.18. The lowest BCUT2D eigenvalue weighted by molar-refractivity contribution is -0.254. The third kappa shape index (κ3) is 3.61. The van der Waals surface area contributed by atoms with Crippen LogP contribution in [0.2, 0.25) is 0 Å². The lowest BCUT2D eigenvalue weighted by atomic mass is 9.86. The van der Waals surface area contributed by atoms with Gasteiger partial charge in [-0.15, -0.1) is 11.3 Å². The molecule has 0 aliphatic carbocycles. The number of carbonyl (C=O) groups excluding carboxylic acids is 1. The van der Waals surface area contributed by atoms with Crippen molar-refractivity contribution in [3.63, 3.8) is 0 Å². The van der Waals surface area contributed by atoms with Crippen LogP contribution >= 0.6 is 11.3 Å². The van der Waals surface area contributed by atoms with Gasteiger partial charge in [-0.05, 0) is 24.0 Å². The maximum Gasteiger partial charge on any atom is 0.140 e. The van der Waals surface area contributed by atoms with E-state index >= 15 is 0 Å². The average Bonchev–Trinajstić information content (AvgIpc) is 2.77. The SMILES string of the molecule is Cc1nc(COc2ccccc2C(C)(C)C)sc1C(=O)[O-]. The van der Waals surface area contributed by atoms with Crippen LogP contribution < -0.4 is 9.84 Å². The van der Waals surface area contributed by atoms with Crippen molar-refractivity contribution in [2.45, 2.75) is 39.7 Å². The zero-order chi connectivity index (χ0) is 15.6. The summed E-state index contributed by atoms with van der Waals surface area (Å²) in [5, 5.41) is 11.5. The van der Waals surface area contributed by atoms with Gasteiger partial charge < -0.3 is 14.6 Å². The molecule has 0 amide bonds. The normalized spacial score (nSPS) is 11.4. The second kappa shape index (κ2) is 5.85. The summed E-state index contributed by atoms with van der Waals surface area (Å²) in [4.78, 5) is 15.3. The largest absolute Gasteiger partial charge is 0.544 e. The predicted octanol–water partition coefficient (Wildman–Crippen LogP) is 2.69. The predicted molar refractivity (Wildman–Crippen MR) is 80.7 cm³/mol. The van der Waals surface area contributed by atoms with Gasteiger partial charge in [0.1, 0.15) is 17.4 Å². The molecule has 1 heterocycles. The first-order chi connectivity index (χ1) is 9.79. The number of thiazole rings is 1. The molecule has 0 saturated carbocycles. The maximum absolute atomic E-state index is 10.9. The molecule has 0 radical (unpaired) electrons. The van der Waals surface area contributed by atoms with Crippen molar-refractivity contribution in [2.75, 3.05) is 0 Å². The molecule has 0 fully saturated rings. The minimum atomic E-state index is -1.19. The van der Waals surface area contributed by atoms with Crippen LogP contribution in [0.1, 0.15) is 46.7 Å². The number of carboxylic acids is 1. The zero-order valence-electron chi connectivity index (χ0n) is 12.6. The molecule has 0 bridgehead atoms. The molecule has 0 spiro atoms. The summed E-state index contributed by atoms with van der Waals surface area (Å²) in [5.74, 6) is -0.390. The second-order valence-electron chi connectivity index (χ2n) is 5.84. The number of rotatable bonds is 4. The van der Waals surface area contributed by atoms with Gasteiger partial charge in [-0.3, -0.25) is 0 Å². The van der Waals surface area contributed by atoms with E-state index in [0.717, 1.165) is 22.6 Å². The molecular weight excluding hydrogens is 286 g/mol. The summed E-state index contributed by atoms with van der Waals surface area (Å²) in [6, 6.07) is 7.86. The minimum absolute atomic E-state index is 0.0223. The molecule has 5 heteroatoms. The number of carbonyl (C=O) groups is 1. The van der Waals surface area contributed by atoms with Crippen molar-refractivity contribution in [3.05, 3.63) is 45.4 Å². The molecule has 0 saturated heterocycles. The fraction of sp³-hybridized carbons (Fsp3) is 0.375. The van der Waals surface area contributed by atoms with Gasteiger partial charge in [0, 0.05) is 0 Å². The third-order valence-corrected chi connectivity index (χ3v) is 4.18. The lowest BCUT2D eigenvalue weighted by Gasteiger charge is -2.22. The Morgan fingerprint density at radius 2 is 2.00 bits per heavy atom. The highest BCUT2D eigenvalue weighted by molar-refractivity contribution is 7.13. The van der Waals surface area contributed by atoms with Crippen LogP contribution in [0, 0.1) is 6.92 Å². The number of benzene rings is 1. The molecule has 112 valence electrons. The van der Waals surface area contributed by atoms with E-state index in [4.69, 9.17) is 4.74 Å². The minimum Gasteiger partial charge on any atom is -0.544 e. The van der Waals surface area contributed by atoms with E-state index < -0.39 is 5.97 Å². The number of aryl methyl sites for hydroxylation is 1. The van der Waals surface area contributed by atoms with Gasteiger partial charge >= 0.3 is 0 Å². The van der Waals surface area contributed by atoms with Gasteiger partial charge in [0.2, 0.25) is 0 Å². The number of hydrogen-bond donors (Lipinski definition) is 0. The summed E-state index contributed by atoms with van der Waals surface area (Å²) < 4.78 is 5.83. The third-order valence-electron chi connectivity index (χ3n) is 3.07. The lowest BCUT2D eigenvalue weighted by Crippen LogP contribution is -2.21. The standard InChI is InChI=1S/C16H19NO3S/c1-10-14(15(18)19)21-13(17-10)9-20-12-8-6-5-7-11(12)16(2,3)4/h5-8H,9H2,1-4H3,(H,18,19)/p-1. The topological polar surface area (TPSA) is 62.2 Å². The average molecular weight is 304 g/mol. The molecule has 4 nitrogen and oxygen atoms in total. The first-order valence-electron chi connectivity index (χ1n) is 6.69. The number of ether oxygens (including phenoxy) is 1. The Hall–Kier alpha value is -1.88. The number of aromatic carboxylic acids is 1. The zero-order valence-corrected chi connectivity index (χ0v) is 13.4. The van der Waals surface area contributed by atoms with Crippen LogP contribution in [0.4, 0.5) is 0 Å². The summed E-state index contributed by atoms with van der Waals surface area (Å²) in [6.07, 6.45) is 0. The summed E-state index contributed by atoms with van der Waals surface area (Å²) >= 11 is 1.10. The van der Waals surface area contributed by atoms with E-state index in [9.17, 15) is 9.90 Å². The molecule has 1 aromatic carbocycles. The molecule has 0 N–H and O–H groups in total. The number of carboxylic acid groups (broad SMARTS) is 1. The fourth-order valence-electron chi connectivity index (χ4n) is 2.06. The Labute approximate surface area is 128 Å². The molecule has 0 aliphatic heterocycles. The summed E-state index contributed by atoms with van der Waals surface area (Å²) in [6.45, 7) is 8.28. The molecule has 2 aromatic rings. The van der Waals surface area contributed by atoms with Crippen molar-refractivity contribution in [1.29, 1.82) is 0 Å². The molecule has 0 aliphatic rings. The second-order valence-corrected chi connectivity index (χ2v) is 6.93. The van der Waals surface area contributed by atoms with Gasteiger partial charge in [0.15, 0.2) is 0 Å². The van der Waals surface area contributed by atoms with Crippen LogP contribution in [0.25, 0.3) is 0 Å². The number of hydrogen-bond acceptors (Lipinski definition) is 5. The first-order valence-corrected chi connectivity index (χ1v) is 7.50. The Kier molecular flexibility index (Phi) is 4.32. The van der Waals surface area contributed by atoms with E-state index in [0.29, 0.717) is 10.7 Å². The van der Waals surface area contributed by atoms with E-state index in [-0.39, 0.29) is 16.9 Å². The van der Waals surface area contributed by atoms with Crippen LogP contribution in [0.3, 0.4) is 0 Å². The van der Waals surface area contributed by atoms with E-state index in [2.05, 4.69) is 25.8 Å².